The van der Waals surface area contributed by atoms with Crippen molar-refractivity contribution in [3.8, 4) is 0 Å². The number of nitrogens with zero attached hydrogens (tertiary/aromatic N) is 2. The van der Waals surface area contributed by atoms with Crippen molar-refractivity contribution in [3.63, 3.8) is 0 Å². The smallest absolute Gasteiger partial charge is 0.264 e. The molecule has 0 atom stereocenters. The number of nitrogens with one attached hydrogen (secondary N) is 1. The van der Waals surface area contributed by atoms with Crippen LogP contribution in [0.3, 0.4) is 0 Å². The second-order valence-corrected chi connectivity index (χ2v) is 5.89. The Hall–Kier alpha value is -2.27. The lowest BCUT2D eigenvalue weighted by Gasteiger charge is -1.97. The van der Waals surface area contributed by atoms with Gasteiger partial charge in [0.05, 0.1) is 10.6 Å². The molecule has 1 aliphatic rings. The van der Waals surface area contributed by atoms with Crippen molar-refractivity contribution in [2.24, 2.45) is 12.0 Å². The first-order chi connectivity index (χ1) is 10.1. The third-order valence-electron chi connectivity index (χ3n) is 3.18. The number of thioether (sulfide) groups is 1. The lowest BCUT2D eigenvalue weighted by molar-refractivity contribution is -0.115. The molecule has 0 saturated carbocycles. The highest BCUT2D eigenvalue weighted by atomic mass is 32.2. The second kappa shape index (κ2) is 5.61. The van der Waals surface area contributed by atoms with Crippen LogP contribution in [0.4, 0.5) is 5.69 Å². The van der Waals surface area contributed by atoms with E-state index >= 15 is 0 Å². The maximum Gasteiger partial charge on any atom is 0.264 e. The third-order valence-corrected chi connectivity index (χ3v) is 4.09. The molecule has 1 aromatic carbocycles. The Kier molecular flexibility index (Phi) is 3.66. The van der Waals surface area contributed by atoms with Crippen molar-refractivity contribution in [1.29, 1.82) is 0 Å². The van der Waals surface area contributed by atoms with Gasteiger partial charge in [0.15, 0.2) is 5.17 Å². The maximum absolute atomic E-state index is 12.0. The molecule has 1 aliphatic heterocycles. The van der Waals surface area contributed by atoms with Gasteiger partial charge in [0.2, 0.25) is 0 Å². The summed E-state index contributed by atoms with van der Waals surface area (Å²) >= 11 is 1.36. The van der Waals surface area contributed by atoms with Crippen molar-refractivity contribution in [2.45, 2.75) is 6.92 Å². The molecule has 0 unspecified atom stereocenters. The molecule has 2 aromatic rings. The van der Waals surface area contributed by atoms with E-state index in [4.69, 9.17) is 0 Å². The quantitative estimate of drug-likeness (QED) is 0.865. The number of aryl methyl sites for hydroxylation is 2. The van der Waals surface area contributed by atoms with Crippen LogP contribution >= 0.6 is 11.8 Å². The van der Waals surface area contributed by atoms with E-state index < -0.39 is 0 Å². The lowest BCUT2D eigenvalue weighted by Crippen LogP contribution is -2.19. The van der Waals surface area contributed by atoms with Crippen LogP contribution in [0.1, 0.15) is 11.3 Å². The van der Waals surface area contributed by atoms with Crippen LogP contribution in [0.25, 0.3) is 6.08 Å². The highest BCUT2D eigenvalue weighted by Gasteiger charge is 2.24. The minimum atomic E-state index is -0.105. The summed E-state index contributed by atoms with van der Waals surface area (Å²) in [5, 5.41) is 3.41. The average molecular weight is 297 g/mol. The number of benzene rings is 1. The van der Waals surface area contributed by atoms with Gasteiger partial charge in [-0.15, -0.1) is 0 Å². The zero-order chi connectivity index (χ0) is 14.8. The van der Waals surface area contributed by atoms with E-state index in [2.05, 4.69) is 10.3 Å². The number of amides is 1. The van der Waals surface area contributed by atoms with Gasteiger partial charge in [-0.25, -0.2) is 4.99 Å². The fourth-order valence-corrected chi connectivity index (χ4v) is 2.80. The van der Waals surface area contributed by atoms with Crippen molar-refractivity contribution < 1.29 is 4.79 Å². The van der Waals surface area contributed by atoms with E-state index in [-0.39, 0.29) is 5.91 Å². The fourth-order valence-electron chi connectivity index (χ4n) is 1.98. The average Bonchev–Trinajstić information content (AvgIpc) is 3.00. The predicted molar refractivity (Wildman–Crippen MR) is 87.4 cm³/mol. The van der Waals surface area contributed by atoms with Gasteiger partial charge in [0.1, 0.15) is 0 Å². The molecule has 0 aliphatic carbocycles. The monoisotopic (exact) mass is 297 g/mol. The molecule has 5 heteroatoms. The normalized spacial score (nSPS) is 18.5. The van der Waals surface area contributed by atoms with Crippen LogP contribution in [0.15, 0.2) is 52.5 Å². The predicted octanol–water partition coefficient (Wildman–Crippen LogP) is 3.23. The van der Waals surface area contributed by atoms with Gasteiger partial charge in [-0.05, 0) is 49.0 Å². The molecule has 4 nitrogen and oxygen atoms in total. The summed E-state index contributed by atoms with van der Waals surface area (Å²) in [4.78, 5) is 17.1. The van der Waals surface area contributed by atoms with E-state index in [9.17, 15) is 4.79 Å². The van der Waals surface area contributed by atoms with Gasteiger partial charge in [-0.2, -0.15) is 0 Å². The first-order valence-corrected chi connectivity index (χ1v) is 7.41. The van der Waals surface area contributed by atoms with E-state index in [1.807, 2.05) is 67.2 Å². The summed E-state index contributed by atoms with van der Waals surface area (Å²) in [5.41, 5.74) is 3.01. The van der Waals surface area contributed by atoms with E-state index in [0.717, 1.165) is 11.4 Å². The Morgan fingerprint density at radius 3 is 2.67 bits per heavy atom. The van der Waals surface area contributed by atoms with Crippen LogP contribution in [-0.2, 0) is 11.8 Å². The maximum atomic E-state index is 12.0. The van der Waals surface area contributed by atoms with Crippen LogP contribution in [0, 0.1) is 6.92 Å². The lowest BCUT2D eigenvalue weighted by atomic mass is 10.2. The van der Waals surface area contributed by atoms with Crippen molar-refractivity contribution in [3.05, 3.63) is 58.8 Å². The molecule has 1 N–H and O–H groups in total. The molecule has 1 fully saturated rings. The number of aromatic nitrogens is 1. The van der Waals surface area contributed by atoms with Gasteiger partial charge in [0.25, 0.3) is 5.91 Å². The number of aliphatic imine (C=N–C) groups is 1. The number of carbonyl (C=O) groups excluding carboxylic acids is 1. The molecule has 2 heterocycles. The number of carbonyl (C=O) groups is 1. The summed E-state index contributed by atoms with van der Waals surface area (Å²) in [5.74, 6) is -0.105. The Balaban J connectivity index is 1.83. The summed E-state index contributed by atoms with van der Waals surface area (Å²) in [6.07, 6.45) is 3.82. The summed E-state index contributed by atoms with van der Waals surface area (Å²) in [6.45, 7) is 2.03. The molecule has 1 amide bonds. The van der Waals surface area contributed by atoms with E-state index in [1.54, 1.807) is 0 Å². The minimum absolute atomic E-state index is 0.105. The summed E-state index contributed by atoms with van der Waals surface area (Å²) in [6, 6.07) is 11.8. The van der Waals surface area contributed by atoms with Gasteiger partial charge in [-0.3, -0.25) is 4.79 Å². The van der Waals surface area contributed by atoms with Crippen molar-refractivity contribution in [1.82, 2.24) is 9.88 Å². The molecular formula is C16H15N3OS. The Morgan fingerprint density at radius 2 is 2.00 bits per heavy atom. The molecule has 21 heavy (non-hydrogen) atoms. The zero-order valence-corrected chi connectivity index (χ0v) is 12.6. The largest absolute Gasteiger partial charge is 0.351 e. The van der Waals surface area contributed by atoms with Gasteiger partial charge < -0.3 is 9.88 Å². The van der Waals surface area contributed by atoms with Crippen LogP contribution in [-0.4, -0.2) is 15.6 Å². The Labute approximate surface area is 127 Å². The Morgan fingerprint density at radius 1 is 1.24 bits per heavy atom. The Bertz CT molecular complexity index is 741. The first-order valence-electron chi connectivity index (χ1n) is 6.59. The van der Waals surface area contributed by atoms with Crippen LogP contribution in [0.2, 0.25) is 0 Å². The van der Waals surface area contributed by atoms with Gasteiger partial charge >= 0.3 is 0 Å². The van der Waals surface area contributed by atoms with E-state index in [1.165, 1.54) is 17.3 Å². The number of amidine groups is 1. The fraction of sp³-hybridized carbons (Fsp3) is 0.125. The molecule has 0 radical (unpaired) electrons. The third kappa shape index (κ3) is 3.08. The van der Waals surface area contributed by atoms with Gasteiger partial charge in [0, 0.05) is 18.9 Å². The molecule has 0 bridgehead atoms. The second-order valence-electron chi connectivity index (χ2n) is 4.86. The first kappa shape index (κ1) is 13.7. The number of hydrogen-bond donors (Lipinski definition) is 1. The van der Waals surface area contributed by atoms with Crippen molar-refractivity contribution >= 4 is 34.6 Å². The van der Waals surface area contributed by atoms with Crippen LogP contribution < -0.4 is 5.32 Å². The summed E-state index contributed by atoms with van der Waals surface area (Å²) < 4.78 is 1.97. The van der Waals surface area contributed by atoms with E-state index in [0.29, 0.717) is 10.1 Å². The number of rotatable bonds is 2. The molecule has 106 valence electrons. The zero-order valence-electron chi connectivity index (χ0n) is 11.8. The van der Waals surface area contributed by atoms with Crippen molar-refractivity contribution in [2.75, 3.05) is 0 Å². The molecule has 0 spiro atoms. The standard InChI is InChI=1S/C16H15N3OS/c1-11-5-7-12(8-6-11)17-16-18-15(20)14(21-16)10-13-4-3-9-19(13)2/h3-10H,1-2H3,(H,17,18,20)/b14-10+. The molecular weight excluding hydrogens is 282 g/mol. The highest BCUT2D eigenvalue weighted by molar-refractivity contribution is 8.18. The molecule has 3 rings (SSSR count). The van der Waals surface area contributed by atoms with Gasteiger partial charge in [-0.1, -0.05) is 17.7 Å². The minimum Gasteiger partial charge on any atom is -0.351 e. The molecule has 1 aromatic heterocycles. The SMILES string of the molecule is Cc1ccc(N=C2NC(=O)/C(=C\c3cccn3C)S2)cc1. The highest BCUT2D eigenvalue weighted by Crippen LogP contribution is 2.28. The van der Waals surface area contributed by atoms with Crippen LogP contribution in [0.5, 0.6) is 0 Å². The summed E-state index contributed by atoms with van der Waals surface area (Å²) in [7, 11) is 1.95. The number of hydrogen-bond acceptors (Lipinski definition) is 3. The topological polar surface area (TPSA) is 46.4 Å². The molecule has 1 saturated heterocycles.